The summed E-state index contributed by atoms with van der Waals surface area (Å²) in [5, 5.41) is 0.583. The molecular formula is C21H23FN6O2S. The number of alkyl halides is 1. The highest BCUT2D eigenvalue weighted by molar-refractivity contribution is 7.91. The highest BCUT2D eigenvalue weighted by Gasteiger charge is 2.50. The molecule has 31 heavy (non-hydrogen) atoms. The predicted octanol–water partition coefficient (Wildman–Crippen LogP) is 2.12. The van der Waals surface area contributed by atoms with Gasteiger partial charge < -0.3 is 9.80 Å². The molecule has 0 radical (unpaired) electrons. The van der Waals surface area contributed by atoms with Crippen LogP contribution < -0.4 is 9.80 Å². The minimum absolute atomic E-state index is 0.0941. The minimum Gasteiger partial charge on any atom is -0.355 e. The first-order chi connectivity index (χ1) is 14.8. The van der Waals surface area contributed by atoms with E-state index in [9.17, 15) is 8.42 Å². The molecule has 0 aliphatic carbocycles. The fraction of sp³-hybridized carbons (Fsp3) is 0.429. The molecular weight excluding hydrogens is 419 g/mol. The third-order valence-corrected chi connectivity index (χ3v) is 7.77. The van der Waals surface area contributed by atoms with Gasteiger partial charge in [-0.2, -0.15) is 0 Å². The van der Waals surface area contributed by atoms with E-state index in [4.69, 9.17) is 0 Å². The molecule has 0 spiro atoms. The van der Waals surface area contributed by atoms with Crippen LogP contribution in [-0.2, 0) is 15.5 Å². The lowest BCUT2D eigenvalue weighted by atomic mass is 9.91. The molecule has 8 nitrogen and oxygen atoms in total. The van der Waals surface area contributed by atoms with Gasteiger partial charge in [0, 0.05) is 43.3 Å². The van der Waals surface area contributed by atoms with Gasteiger partial charge >= 0.3 is 0 Å². The van der Waals surface area contributed by atoms with E-state index in [1.807, 2.05) is 29.2 Å². The molecule has 5 rings (SSSR count). The molecule has 3 aromatic rings. The van der Waals surface area contributed by atoms with E-state index in [1.54, 1.807) is 17.3 Å². The van der Waals surface area contributed by atoms with Crippen molar-refractivity contribution in [3.8, 4) is 0 Å². The summed E-state index contributed by atoms with van der Waals surface area (Å²) in [7, 11) is -3.07. The molecule has 0 bridgehead atoms. The maximum absolute atomic E-state index is 15.8. The van der Waals surface area contributed by atoms with Crippen LogP contribution in [0.25, 0.3) is 10.9 Å². The number of benzene rings is 1. The van der Waals surface area contributed by atoms with Gasteiger partial charge in [0.25, 0.3) is 0 Å². The maximum atomic E-state index is 15.8. The van der Waals surface area contributed by atoms with E-state index in [1.165, 1.54) is 12.5 Å². The SMILES string of the molecule is CS(=O)(=O)C1CCN(c2nccnc2C2(F)CN(c3ncc4ccccc4n3)C2)CC1. The highest BCUT2D eigenvalue weighted by Crippen LogP contribution is 2.41. The van der Waals surface area contributed by atoms with E-state index in [0.29, 0.717) is 43.4 Å². The average Bonchev–Trinajstić information content (AvgIpc) is 2.76. The number of hydrogen-bond acceptors (Lipinski definition) is 8. The van der Waals surface area contributed by atoms with Crippen molar-refractivity contribution in [1.29, 1.82) is 0 Å². The standard InChI is InChI=1S/C21H23FN6O2S/c1-31(29,30)16-6-10-27(11-7-16)19-18(23-8-9-24-19)21(22)13-28(14-21)20-25-12-15-4-2-3-5-17(15)26-20/h2-5,8-9,12,16H,6-7,10-11,13-14H2,1H3. The number of nitrogens with zero attached hydrogens (tertiary/aromatic N) is 6. The van der Waals surface area contributed by atoms with E-state index in [0.717, 1.165) is 10.9 Å². The van der Waals surface area contributed by atoms with Crippen molar-refractivity contribution in [3.63, 3.8) is 0 Å². The summed E-state index contributed by atoms with van der Waals surface area (Å²) in [6.45, 7) is 1.21. The first-order valence-electron chi connectivity index (χ1n) is 10.2. The van der Waals surface area contributed by atoms with Crippen molar-refractivity contribution in [2.75, 3.05) is 42.2 Å². The van der Waals surface area contributed by atoms with Crippen molar-refractivity contribution in [2.24, 2.45) is 0 Å². The largest absolute Gasteiger partial charge is 0.355 e. The lowest BCUT2D eigenvalue weighted by Gasteiger charge is -2.45. The van der Waals surface area contributed by atoms with Gasteiger partial charge in [-0.3, -0.25) is 4.98 Å². The monoisotopic (exact) mass is 442 g/mol. The van der Waals surface area contributed by atoms with Crippen molar-refractivity contribution < 1.29 is 12.8 Å². The van der Waals surface area contributed by atoms with E-state index in [-0.39, 0.29) is 18.3 Å². The number of rotatable bonds is 4. The third kappa shape index (κ3) is 3.69. The Hall–Kier alpha value is -2.88. The van der Waals surface area contributed by atoms with E-state index in [2.05, 4.69) is 19.9 Å². The van der Waals surface area contributed by atoms with Crippen molar-refractivity contribution >= 4 is 32.5 Å². The Balaban J connectivity index is 1.34. The minimum atomic E-state index is -3.07. The topological polar surface area (TPSA) is 92.2 Å². The number of hydrogen-bond donors (Lipinski definition) is 0. The van der Waals surface area contributed by atoms with Crippen LogP contribution in [0.5, 0.6) is 0 Å². The van der Waals surface area contributed by atoms with Crippen LogP contribution in [0.4, 0.5) is 16.2 Å². The summed E-state index contributed by atoms with van der Waals surface area (Å²) in [6, 6.07) is 7.68. The number of halogens is 1. The van der Waals surface area contributed by atoms with Crippen LogP contribution in [0.2, 0.25) is 0 Å². The van der Waals surface area contributed by atoms with Crippen LogP contribution in [0, 0.1) is 0 Å². The Labute approximate surface area is 180 Å². The molecule has 10 heteroatoms. The van der Waals surface area contributed by atoms with Crippen molar-refractivity contribution in [2.45, 2.75) is 23.8 Å². The molecule has 0 amide bonds. The zero-order chi connectivity index (χ0) is 21.6. The fourth-order valence-electron chi connectivity index (χ4n) is 4.34. The van der Waals surface area contributed by atoms with Crippen LogP contribution in [0.3, 0.4) is 0 Å². The molecule has 1 aromatic carbocycles. The summed E-state index contributed by atoms with van der Waals surface area (Å²) in [5.41, 5.74) is -0.547. The summed E-state index contributed by atoms with van der Waals surface area (Å²) < 4.78 is 39.5. The number of para-hydroxylation sites is 1. The first-order valence-corrected chi connectivity index (χ1v) is 12.2. The predicted molar refractivity (Wildman–Crippen MR) is 117 cm³/mol. The van der Waals surface area contributed by atoms with E-state index >= 15 is 4.39 Å². The number of sulfone groups is 1. The molecule has 0 unspecified atom stereocenters. The Kier molecular flexibility index (Phi) is 4.76. The van der Waals surface area contributed by atoms with Crippen LogP contribution in [0.1, 0.15) is 18.5 Å². The highest BCUT2D eigenvalue weighted by atomic mass is 32.2. The Bertz CT molecular complexity index is 1220. The molecule has 0 atom stereocenters. The molecule has 2 aromatic heterocycles. The van der Waals surface area contributed by atoms with Gasteiger partial charge in [0.05, 0.1) is 23.9 Å². The molecule has 4 heterocycles. The summed E-state index contributed by atoms with van der Waals surface area (Å²) in [6.07, 6.45) is 7.08. The molecule has 0 saturated carbocycles. The fourth-order valence-corrected chi connectivity index (χ4v) is 5.41. The van der Waals surface area contributed by atoms with Crippen LogP contribution in [-0.4, -0.2) is 66.0 Å². The number of fused-ring (bicyclic) bond motifs is 1. The zero-order valence-electron chi connectivity index (χ0n) is 17.1. The molecule has 2 saturated heterocycles. The van der Waals surface area contributed by atoms with Gasteiger partial charge in [-0.05, 0) is 18.9 Å². The van der Waals surface area contributed by atoms with Gasteiger partial charge in [-0.25, -0.2) is 27.8 Å². The lowest BCUT2D eigenvalue weighted by Crippen LogP contribution is -2.58. The maximum Gasteiger partial charge on any atom is 0.226 e. The van der Waals surface area contributed by atoms with Crippen molar-refractivity contribution in [1.82, 2.24) is 19.9 Å². The number of piperidine rings is 1. The second-order valence-corrected chi connectivity index (χ2v) is 10.6. The Morgan fingerprint density at radius 1 is 1.03 bits per heavy atom. The second kappa shape index (κ2) is 7.37. The van der Waals surface area contributed by atoms with Crippen LogP contribution in [0.15, 0.2) is 42.9 Å². The van der Waals surface area contributed by atoms with Gasteiger partial charge in [0.15, 0.2) is 11.5 Å². The van der Waals surface area contributed by atoms with E-state index < -0.39 is 15.5 Å². The molecule has 0 N–H and O–H groups in total. The summed E-state index contributed by atoms with van der Waals surface area (Å²) in [4.78, 5) is 21.4. The quantitative estimate of drug-likeness (QED) is 0.607. The first kappa shape index (κ1) is 20.0. The Morgan fingerprint density at radius 3 is 2.48 bits per heavy atom. The van der Waals surface area contributed by atoms with Crippen molar-refractivity contribution in [3.05, 3.63) is 48.5 Å². The number of aromatic nitrogens is 4. The molecule has 2 fully saturated rings. The normalized spacial score (nSPS) is 19.4. The Morgan fingerprint density at radius 2 is 1.74 bits per heavy atom. The molecule has 2 aliphatic heterocycles. The van der Waals surface area contributed by atoms with Crippen LogP contribution >= 0.6 is 0 Å². The molecule has 162 valence electrons. The zero-order valence-corrected chi connectivity index (χ0v) is 18.0. The lowest BCUT2D eigenvalue weighted by molar-refractivity contribution is 0.113. The van der Waals surface area contributed by atoms with Gasteiger partial charge in [-0.1, -0.05) is 18.2 Å². The molecule has 2 aliphatic rings. The second-order valence-electron chi connectivity index (χ2n) is 8.29. The smallest absolute Gasteiger partial charge is 0.226 e. The number of anilines is 2. The van der Waals surface area contributed by atoms with Gasteiger partial charge in [0.1, 0.15) is 15.5 Å². The van der Waals surface area contributed by atoms with Gasteiger partial charge in [-0.15, -0.1) is 0 Å². The third-order valence-electron chi connectivity index (χ3n) is 6.09. The summed E-state index contributed by atoms with van der Waals surface area (Å²) >= 11 is 0. The summed E-state index contributed by atoms with van der Waals surface area (Å²) in [5.74, 6) is 0.988. The average molecular weight is 443 g/mol. The van der Waals surface area contributed by atoms with Gasteiger partial charge in [0.2, 0.25) is 5.95 Å².